The lowest BCUT2D eigenvalue weighted by atomic mass is 9.86. The molecule has 20 heavy (non-hydrogen) atoms. The van der Waals surface area contributed by atoms with Gasteiger partial charge in [0.25, 0.3) is 0 Å². The van der Waals surface area contributed by atoms with Crippen molar-refractivity contribution in [2.24, 2.45) is 22.6 Å². The Bertz CT molecular complexity index is 394. The molecule has 1 saturated carbocycles. The Balaban J connectivity index is 0.00000361. The smallest absolute Gasteiger partial charge is 0.213 e. The normalized spacial score (nSPS) is 16.6. The van der Waals surface area contributed by atoms with Gasteiger partial charge in [-0.2, -0.15) is 0 Å². The fourth-order valence-corrected chi connectivity index (χ4v) is 2.67. The molecule has 1 fully saturated rings. The molecule has 0 aliphatic heterocycles. The van der Waals surface area contributed by atoms with E-state index in [1.807, 2.05) is 13.8 Å². The molecular formula is C12H27IN4O2S. The lowest BCUT2D eigenvalue weighted by Crippen LogP contribution is -2.39. The van der Waals surface area contributed by atoms with E-state index in [-0.39, 0.29) is 36.3 Å². The van der Waals surface area contributed by atoms with Gasteiger partial charge in [-0.05, 0) is 24.7 Å². The van der Waals surface area contributed by atoms with Gasteiger partial charge in [-0.1, -0.05) is 20.3 Å². The second-order valence-electron chi connectivity index (χ2n) is 5.51. The first kappa shape index (κ1) is 19.9. The Kier molecular flexibility index (Phi) is 9.73. The molecule has 0 spiro atoms. The Morgan fingerprint density at radius 3 is 2.55 bits per heavy atom. The Morgan fingerprint density at radius 1 is 1.40 bits per heavy atom. The predicted octanol–water partition coefficient (Wildman–Crippen LogP) is 0.884. The van der Waals surface area contributed by atoms with E-state index in [1.54, 1.807) is 0 Å². The number of guanidine groups is 1. The van der Waals surface area contributed by atoms with Crippen LogP contribution in [0.15, 0.2) is 4.99 Å². The number of rotatable bonds is 8. The van der Waals surface area contributed by atoms with Crippen LogP contribution in [0, 0.1) is 11.8 Å². The highest BCUT2D eigenvalue weighted by Gasteiger charge is 2.19. The number of hydrogen-bond donors (Lipinski definition) is 3. The number of nitrogens with zero attached hydrogens (tertiary/aromatic N) is 1. The number of halogens is 1. The van der Waals surface area contributed by atoms with Crippen LogP contribution in [-0.4, -0.2) is 39.8 Å². The summed E-state index contributed by atoms with van der Waals surface area (Å²) in [6.45, 7) is 5.59. The molecule has 0 heterocycles. The van der Waals surface area contributed by atoms with Gasteiger partial charge in [0.2, 0.25) is 10.0 Å². The minimum atomic E-state index is -3.20. The molecule has 6 nitrogen and oxygen atoms in total. The van der Waals surface area contributed by atoms with Crippen molar-refractivity contribution in [1.29, 1.82) is 0 Å². The largest absolute Gasteiger partial charge is 0.370 e. The van der Waals surface area contributed by atoms with Gasteiger partial charge in [-0.25, -0.2) is 13.1 Å². The maximum atomic E-state index is 11.7. The van der Waals surface area contributed by atoms with Crippen molar-refractivity contribution in [2.45, 2.75) is 33.1 Å². The first-order valence-corrected chi connectivity index (χ1v) is 8.55. The summed E-state index contributed by atoms with van der Waals surface area (Å²) in [5.74, 6) is 1.30. The molecule has 120 valence electrons. The van der Waals surface area contributed by atoms with Crippen molar-refractivity contribution < 1.29 is 8.42 Å². The molecule has 0 unspecified atom stereocenters. The Hall–Kier alpha value is -0.0900. The third-order valence-corrected chi connectivity index (χ3v) is 4.47. The molecule has 4 N–H and O–H groups in total. The van der Waals surface area contributed by atoms with Gasteiger partial charge in [-0.3, -0.25) is 4.99 Å². The molecule has 0 radical (unpaired) electrons. The third-order valence-electron chi connectivity index (χ3n) is 3.12. The van der Waals surface area contributed by atoms with Gasteiger partial charge < -0.3 is 11.1 Å². The van der Waals surface area contributed by atoms with Gasteiger partial charge in [0.1, 0.15) is 0 Å². The van der Waals surface area contributed by atoms with Crippen molar-refractivity contribution in [3.63, 3.8) is 0 Å². The minimum absolute atomic E-state index is 0. The van der Waals surface area contributed by atoms with Crippen molar-refractivity contribution >= 4 is 40.0 Å². The van der Waals surface area contributed by atoms with Crippen molar-refractivity contribution in [3.8, 4) is 0 Å². The summed E-state index contributed by atoms with van der Waals surface area (Å²) >= 11 is 0. The highest BCUT2D eigenvalue weighted by molar-refractivity contribution is 14.0. The van der Waals surface area contributed by atoms with E-state index < -0.39 is 10.0 Å². The van der Waals surface area contributed by atoms with E-state index in [1.165, 1.54) is 6.42 Å². The molecule has 0 saturated heterocycles. The zero-order chi connectivity index (χ0) is 14.3. The Morgan fingerprint density at radius 2 is 2.05 bits per heavy atom. The highest BCUT2D eigenvalue weighted by atomic mass is 127. The number of nitrogens with one attached hydrogen (secondary N) is 2. The van der Waals surface area contributed by atoms with Crippen molar-refractivity contribution in [2.75, 3.05) is 25.4 Å². The Labute approximate surface area is 139 Å². The zero-order valence-electron chi connectivity index (χ0n) is 12.3. The zero-order valence-corrected chi connectivity index (χ0v) is 15.4. The van der Waals surface area contributed by atoms with Gasteiger partial charge in [0.15, 0.2) is 5.96 Å². The summed E-state index contributed by atoms with van der Waals surface area (Å²) in [4.78, 5) is 4.11. The quantitative estimate of drug-likeness (QED) is 0.310. The summed E-state index contributed by atoms with van der Waals surface area (Å²) in [6.07, 6.45) is 3.49. The van der Waals surface area contributed by atoms with E-state index in [0.717, 1.165) is 12.8 Å². The first-order chi connectivity index (χ1) is 8.89. The SMILES string of the molecule is CC(C)CN=C(N)NCCS(=O)(=O)NCC1CCC1.I. The molecule has 0 amide bonds. The van der Waals surface area contributed by atoms with E-state index in [0.29, 0.717) is 30.9 Å². The minimum Gasteiger partial charge on any atom is -0.370 e. The van der Waals surface area contributed by atoms with Crippen molar-refractivity contribution in [3.05, 3.63) is 0 Å². The molecule has 0 bridgehead atoms. The second-order valence-corrected chi connectivity index (χ2v) is 7.44. The van der Waals surface area contributed by atoms with Crippen LogP contribution in [-0.2, 0) is 10.0 Å². The van der Waals surface area contributed by atoms with Gasteiger partial charge >= 0.3 is 0 Å². The molecule has 0 atom stereocenters. The number of nitrogens with two attached hydrogens (primary N) is 1. The first-order valence-electron chi connectivity index (χ1n) is 6.90. The maximum Gasteiger partial charge on any atom is 0.213 e. The topological polar surface area (TPSA) is 96.6 Å². The van der Waals surface area contributed by atoms with E-state index in [4.69, 9.17) is 5.73 Å². The van der Waals surface area contributed by atoms with Gasteiger partial charge in [-0.15, -0.1) is 24.0 Å². The fraction of sp³-hybridized carbons (Fsp3) is 0.917. The van der Waals surface area contributed by atoms with Crippen LogP contribution in [0.5, 0.6) is 0 Å². The number of sulfonamides is 1. The molecule has 0 aromatic rings. The predicted molar refractivity (Wildman–Crippen MR) is 93.9 cm³/mol. The molecule has 1 aliphatic rings. The van der Waals surface area contributed by atoms with Crippen LogP contribution < -0.4 is 15.8 Å². The van der Waals surface area contributed by atoms with Crippen LogP contribution in [0.25, 0.3) is 0 Å². The number of hydrogen-bond acceptors (Lipinski definition) is 3. The summed E-state index contributed by atoms with van der Waals surface area (Å²) in [6, 6.07) is 0. The molecule has 1 aliphatic carbocycles. The lowest BCUT2D eigenvalue weighted by Gasteiger charge is -2.25. The molecule has 0 aromatic heterocycles. The summed E-state index contributed by atoms with van der Waals surface area (Å²) < 4.78 is 26.0. The molecule has 0 aromatic carbocycles. The van der Waals surface area contributed by atoms with Gasteiger partial charge in [0, 0.05) is 19.6 Å². The maximum absolute atomic E-state index is 11.7. The second kappa shape index (κ2) is 9.78. The summed E-state index contributed by atoms with van der Waals surface area (Å²) in [7, 11) is -3.20. The summed E-state index contributed by atoms with van der Waals surface area (Å²) in [5.41, 5.74) is 5.63. The van der Waals surface area contributed by atoms with E-state index in [9.17, 15) is 8.42 Å². The highest BCUT2D eigenvalue weighted by Crippen LogP contribution is 2.25. The van der Waals surface area contributed by atoms with E-state index >= 15 is 0 Å². The van der Waals surface area contributed by atoms with Crippen LogP contribution in [0.3, 0.4) is 0 Å². The summed E-state index contributed by atoms with van der Waals surface area (Å²) in [5, 5.41) is 2.82. The molecular weight excluding hydrogens is 391 g/mol. The van der Waals surface area contributed by atoms with E-state index in [2.05, 4.69) is 15.0 Å². The van der Waals surface area contributed by atoms with Crippen LogP contribution in [0.4, 0.5) is 0 Å². The lowest BCUT2D eigenvalue weighted by molar-refractivity contribution is 0.316. The van der Waals surface area contributed by atoms with Crippen molar-refractivity contribution in [1.82, 2.24) is 10.0 Å². The third kappa shape index (κ3) is 8.96. The molecule has 8 heteroatoms. The average molecular weight is 418 g/mol. The van der Waals surface area contributed by atoms with Crippen LogP contribution >= 0.6 is 24.0 Å². The van der Waals surface area contributed by atoms with Crippen LogP contribution in [0.1, 0.15) is 33.1 Å². The van der Waals surface area contributed by atoms with Gasteiger partial charge in [0.05, 0.1) is 5.75 Å². The van der Waals surface area contributed by atoms with Crippen LogP contribution in [0.2, 0.25) is 0 Å². The average Bonchev–Trinajstić information content (AvgIpc) is 2.23. The fourth-order valence-electron chi connectivity index (χ4n) is 1.66. The monoisotopic (exact) mass is 418 g/mol. The standard InChI is InChI=1S/C12H26N4O2S.HI/c1-10(2)8-15-12(13)14-6-7-19(17,18)16-9-11-4-3-5-11;/h10-11,16H,3-9H2,1-2H3,(H3,13,14,15);1H. The molecule has 1 rings (SSSR count). The number of aliphatic imine (C=N–C) groups is 1.